The van der Waals surface area contributed by atoms with Crippen LogP contribution < -0.4 is 4.74 Å². The summed E-state index contributed by atoms with van der Waals surface area (Å²) in [5, 5.41) is 18.8. The predicted molar refractivity (Wildman–Crippen MR) is 192 cm³/mol. The van der Waals surface area contributed by atoms with Crippen molar-refractivity contribution in [1.82, 2.24) is 4.90 Å². The molecule has 1 heterocycles. The Bertz CT molecular complexity index is 1940. The number of halogens is 1. The number of Topliss-reactive ketones (excluding diaryl/α,β-unsaturated/α-hetero) is 1. The van der Waals surface area contributed by atoms with Crippen LogP contribution in [0.1, 0.15) is 55.4 Å². The third kappa shape index (κ3) is 6.75. The molecule has 254 valence electrons. The average molecular weight is 681 g/mol. The lowest BCUT2D eigenvalue weighted by molar-refractivity contribution is -0.148. The molecule has 3 unspecified atom stereocenters. The van der Waals surface area contributed by atoms with E-state index in [1.165, 1.54) is 13.1 Å². The molecule has 49 heavy (non-hydrogen) atoms. The number of amides is 2. The topological polar surface area (TPSA) is 125 Å². The quantitative estimate of drug-likeness (QED) is 0.121. The number of hydrogen-bond acceptors (Lipinski definition) is 6. The first-order valence-electron chi connectivity index (χ1n) is 16.3. The summed E-state index contributed by atoms with van der Waals surface area (Å²) in [5.41, 5.74) is 5.60. The van der Waals surface area contributed by atoms with E-state index in [1.54, 1.807) is 20.1 Å². The van der Waals surface area contributed by atoms with Gasteiger partial charge in [-0.3, -0.25) is 24.1 Å². The van der Waals surface area contributed by atoms with Crippen LogP contribution in [0.15, 0.2) is 66.8 Å². The fourth-order valence-electron chi connectivity index (χ4n) is 7.14. The molecule has 1 aliphatic heterocycles. The van der Waals surface area contributed by atoms with E-state index in [2.05, 4.69) is 6.58 Å². The van der Waals surface area contributed by atoms with E-state index in [-0.39, 0.29) is 29.5 Å². The van der Waals surface area contributed by atoms with Crippen molar-refractivity contribution in [2.45, 2.75) is 52.9 Å². The summed E-state index contributed by atoms with van der Waals surface area (Å²) in [6.07, 6.45) is 5.91. The highest BCUT2D eigenvalue weighted by atomic mass is 35.5. The molecule has 0 aromatic heterocycles. The van der Waals surface area contributed by atoms with E-state index >= 15 is 0 Å². The van der Waals surface area contributed by atoms with Crippen LogP contribution >= 0.6 is 11.6 Å². The summed E-state index contributed by atoms with van der Waals surface area (Å²) < 4.78 is 5.87. The van der Waals surface area contributed by atoms with E-state index in [9.17, 15) is 24.3 Å². The molecule has 2 N–H and O–H groups in total. The Morgan fingerprint density at radius 2 is 1.82 bits per heavy atom. The van der Waals surface area contributed by atoms with Crippen LogP contribution in [-0.4, -0.2) is 53.4 Å². The zero-order chi connectivity index (χ0) is 35.8. The number of carbonyl (C=O) groups excluding carboxylic acids is 3. The molecule has 1 fully saturated rings. The lowest BCUT2D eigenvalue weighted by Gasteiger charge is -2.24. The first kappa shape index (κ1) is 35.5. The van der Waals surface area contributed by atoms with Gasteiger partial charge in [0, 0.05) is 30.2 Å². The number of carboxylic acids is 1. The van der Waals surface area contributed by atoms with Crippen molar-refractivity contribution < 1.29 is 29.0 Å². The fraction of sp³-hybridized carbons (Fsp3) is 0.325. The Morgan fingerprint density at radius 3 is 2.47 bits per heavy atom. The smallest absolute Gasteiger partial charge is 0.309 e. The number of carbonyl (C=O) groups is 4. The highest BCUT2D eigenvalue weighted by Crippen LogP contribution is 2.46. The normalized spacial score (nSPS) is 20.6. The van der Waals surface area contributed by atoms with Gasteiger partial charge in [0.2, 0.25) is 11.7 Å². The number of likely N-dealkylation sites (N-methyl/N-ethyl adjacent to an activating group) is 1. The van der Waals surface area contributed by atoms with E-state index in [0.717, 1.165) is 55.8 Å². The van der Waals surface area contributed by atoms with Crippen molar-refractivity contribution in [2.75, 3.05) is 14.2 Å². The molecule has 1 aliphatic carbocycles. The number of hydrogen-bond donors (Lipinski definition) is 2. The Balaban J connectivity index is 1.44. The second-order valence-electron chi connectivity index (χ2n) is 13.4. The largest absolute Gasteiger partial charge is 0.496 e. The summed E-state index contributed by atoms with van der Waals surface area (Å²) >= 11 is 7.15. The van der Waals surface area contributed by atoms with Gasteiger partial charge in [-0.05, 0) is 85.4 Å². The SMILES string of the molecule is C=Cc1cc(-c2cccc(-c3cccc(CC(=N)C(=O)C4=CC(C)C(=O)N(C)C4=O)c3C)c2Cl)cc(OC)c1CC1CCC(C)(C(=O)O)C1. The molecule has 8 nitrogen and oxygen atoms in total. The molecule has 2 aliphatic rings. The number of carboxylic acid groups (broad SMARTS) is 1. The molecule has 0 spiro atoms. The Kier molecular flexibility index (Phi) is 10.1. The predicted octanol–water partition coefficient (Wildman–Crippen LogP) is 7.76. The Morgan fingerprint density at radius 1 is 1.14 bits per heavy atom. The van der Waals surface area contributed by atoms with Gasteiger partial charge in [0.05, 0.1) is 34.8 Å². The van der Waals surface area contributed by atoms with E-state index in [4.69, 9.17) is 21.7 Å². The van der Waals surface area contributed by atoms with Gasteiger partial charge in [-0.2, -0.15) is 0 Å². The van der Waals surface area contributed by atoms with Gasteiger partial charge in [0.25, 0.3) is 5.91 Å². The average Bonchev–Trinajstić information content (AvgIpc) is 3.47. The van der Waals surface area contributed by atoms with Gasteiger partial charge in [0.15, 0.2) is 0 Å². The van der Waals surface area contributed by atoms with Crippen LogP contribution in [0.2, 0.25) is 5.02 Å². The van der Waals surface area contributed by atoms with E-state index in [1.807, 2.05) is 62.4 Å². The summed E-state index contributed by atoms with van der Waals surface area (Å²) in [7, 11) is 2.97. The van der Waals surface area contributed by atoms with Crippen molar-refractivity contribution >= 4 is 47.0 Å². The van der Waals surface area contributed by atoms with E-state index in [0.29, 0.717) is 30.0 Å². The molecule has 0 radical (unpaired) electrons. The van der Waals surface area contributed by atoms with Crippen LogP contribution in [-0.2, 0) is 32.0 Å². The molecule has 5 rings (SSSR count). The molecular weight excluding hydrogens is 640 g/mol. The van der Waals surface area contributed by atoms with Gasteiger partial charge in [-0.15, -0.1) is 0 Å². The monoisotopic (exact) mass is 680 g/mol. The molecule has 2 amide bonds. The van der Waals surface area contributed by atoms with Crippen LogP contribution in [0.4, 0.5) is 0 Å². The maximum atomic E-state index is 13.2. The van der Waals surface area contributed by atoms with Gasteiger partial charge >= 0.3 is 5.97 Å². The van der Waals surface area contributed by atoms with Gasteiger partial charge in [0.1, 0.15) is 5.75 Å². The second kappa shape index (κ2) is 14.0. The highest BCUT2D eigenvalue weighted by molar-refractivity contribution is 6.51. The summed E-state index contributed by atoms with van der Waals surface area (Å²) in [6, 6.07) is 15.4. The van der Waals surface area contributed by atoms with Gasteiger partial charge in [-0.25, -0.2) is 0 Å². The molecule has 3 aromatic rings. The summed E-state index contributed by atoms with van der Waals surface area (Å²) in [5.74, 6) is -2.26. The van der Waals surface area contributed by atoms with Gasteiger partial charge in [-0.1, -0.05) is 73.7 Å². The zero-order valence-electron chi connectivity index (χ0n) is 28.5. The number of nitrogens with zero attached hydrogens (tertiary/aromatic N) is 1. The summed E-state index contributed by atoms with van der Waals surface area (Å²) in [6.45, 7) is 9.41. The van der Waals surface area contributed by atoms with Crippen LogP contribution in [0.5, 0.6) is 5.75 Å². The maximum Gasteiger partial charge on any atom is 0.309 e. The minimum absolute atomic E-state index is 0.000440. The molecule has 0 saturated heterocycles. The lowest BCUT2D eigenvalue weighted by atomic mass is 9.85. The first-order chi connectivity index (χ1) is 23.2. The van der Waals surface area contributed by atoms with Gasteiger partial charge < -0.3 is 15.3 Å². The Hall–Kier alpha value is -4.82. The van der Waals surface area contributed by atoms with E-state index < -0.39 is 29.0 Å². The molecule has 3 atom stereocenters. The third-order valence-corrected chi connectivity index (χ3v) is 10.5. The number of methoxy groups -OCH3 is 1. The maximum absolute atomic E-state index is 13.2. The molecular formula is C40H41ClN2O6. The molecule has 3 aromatic carbocycles. The molecule has 1 saturated carbocycles. The zero-order valence-corrected chi connectivity index (χ0v) is 29.2. The number of ether oxygens (including phenoxy) is 1. The lowest BCUT2D eigenvalue weighted by Crippen LogP contribution is -2.43. The van der Waals surface area contributed by atoms with Crippen molar-refractivity contribution in [2.24, 2.45) is 17.3 Å². The Labute approximate surface area is 291 Å². The fourth-order valence-corrected chi connectivity index (χ4v) is 7.48. The highest BCUT2D eigenvalue weighted by Gasteiger charge is 2.41. The number of imide groups is 1. The number of rotatable bonds is 11. The van der Waals surface area contributed by atoms with Crippen molar-refractivity contribution in [3.8, 4) is 28.0 Å². The minimum atomic E-state index is -0.752. The van der Waals surface area contributed by atoms with Crippen molar-refractivity contribution in [3.05, 3.63) is 94.0 Å². The molecule has 9 heteroatoms. The summed E-state index contributed by atoms with van der Waals surface area (Å²) in [4.78, 5) is 50.8. The second-order valence-corrected chi connectivity index (χ2v) is 13.8. The number of nitrogens with one attached hydrogen (secondary N) is 1. The molecule has 0 bridgehead atoms. The standard InChI is InChI=1S/C40H41ClN2O6/c1-7-25-18-27(20-34(49-6)31(25)17-24-14-15-40(4,21-24)39(47)48)29-12-9-13-30(35(29)41)28-11-8-10-26(23(28)3)19-33(42)36(44)32-16-22(2)37(45)43(5)38(32)46/h7-13,16,18,20,22,24,42H,1,14-15,17,19,21H2,2-6H3,(H,47,48). The number of ketones is 1. The first-order valence-corrected chi connectivity index (χ1v) is 16.7. The third-order valence-electron chi connectivity index (χ3n) is 10.1. The number of aliphatic carboxylic acids is 1. The number of benzene rings is 3. The van der Waals surface area contributed by atoms with Crippen molar-refractivity contribution in [1.29, 1.82) is 5.41 Å². The minimum Gasteiger partial charge on any atom is -0.496 e. The van der Waals surface area contributed by atoms with Crippen LogP contribution in [0, 0.1) is 29.6 Å². The van der Waals surface area contributed by atoms with Crippen molar-refractivity contribution in [3.63, 3.8) is 0 Å². The van der Waals surface area contributed by atoms with Crippen LogP contribution in [0.25, 0.3) is 28.3 Å². The van der Waals surface area contributed by atoms with Crippen LogP contribution in [0.3, 0.4) is 0 Å².